The maximum atomic E-state index is 11.9. The number of thiophene rings is 1. The van der Waals surface area contributed by atoms with Crippen LogP contribution >= 0.6 is 23.1 Å². The molecule has 3 N–H and O–H groups in total. The summed E-state index contributed by atoms with van der Waals surface area (Å²) in [6.07, 6.45) is 1.10. The van der Waals surface area contributed by atoms with Gasteiger partial charge in [0.1, 0.15) is 0 Å². The fraction of sp³-hybridized carbons (Fsp3) is 0.545. The maximum absolute atomic E-state index is 11.9. The van der Waals surface area contributed by atoms with E-state index in [4.69, 9.17) is 5.73 Å². The second-order valence-corrected chi connectivity index (χ2v) is 6.21. The molecule has 2 heterocycles. The third-order valence-corrected chi connectivity index (χ3v) is 4.83. The highest BCUT2D eigenvalue weighted by Crippen LogP contribution is 2.31. The number of hydrogen-bond donors (Lipinski definition) is 2. The highest BCUT2D eigenvalue weighted by atomic mass is 32.2. The number of fused-ring (bicyclic) bond motifs is 1. The van der Waals surface area contributed by atoms with Crippen LogP contribution in [0.15, 0.2) is 6.07 Å². The second kappa shape index (κ2) is 5.21. The van der Waals surface area contributed by atoms with Gasteiger partial charge in [0.2, 0.25) is 0 Å². The van der Waals surface area contributed by atoms with Gasteiger partial charge in [0.15, 0.2) is 0 Å². The summed E-state index contributed by atoms with van der Waals surface area (Å²) in [5.41, 5.74) is 6.82. The molecule has 0 bridgehead atoms. The molecular formula is C11H16N2OS2. The SMILES string of the molecule is C[C@H](CN)NC(=O)c1cc2c(s1)CCSC2. The molecule has 0 aliphatic carbocycles. The Bertz CT molecular complexity index is 366. The molecule has 1 amide bonds. The summed E-state index contributed by atoms with van der Waals surface area (Å²) in [5.74, 6) is 2.24. The Kier molecular flexibility index (Phi) is 3.89. The van der Waals surface area contributed by atoms with E-state index in [1.165, 1.54) is 16.2 Å². The zero-order chi connectivity index (χ0) is 11.5. The van der Waals surface area contributed by atoms with E-state index in [0.717, 1.165) is 17.1 Å². The molecular weight excluding hydrogens is 240 g/mol. The molecule has 88 valence electrons. The summed E-state index contributed by atoms with van der Waals surface area (Å²) in [4.78, 5) is 14.1. The van der Waals surface area contributed by atoms with Gasteiger partial charge in [0.05, 0.1) is 4.88 Å². The predicted octanol–water partition coefficient (Wildman–Crippen LogP) is 1.61. The minimum Gasteiger partial charge on any atom is -0.348 e. The van der Waals surface area contributed by atoms with Crippen molar-refractivity contribution in [2.75, 3.05) is 12.3 Å². The average Bonchev–Trinajstić information content (AvgIpc) is 2.72. The Hall–Kier alpha value is -0.520. The lowest BCUT2D eigenvalue weighted by Crippen LogP contribution is -2.37. The molecule has 5 heteroatoms. The van der Waals surface area contributed by atoms with Crippen molar-refractivity contribution in [3.8, 4) is 0 Å². The maximum Gasteiger partial charge on any atom is 0.261 e. The van der Waals surface area contributed by atoms with Gasteiger partial charge in [-0.3, -0.25) is 4.79 Å². The van der Waals surface area contributed by atoms with Crippen LogP contribution in [0.1, 0.15) is 27.0 Å². The van der Waals surface area contributed by atoms with Gasteiger partial charge in [-0.05, 0) is 30.7 Å². The fourth-order valence-electron chi connectivity index (χ4n) is 1.61. The van der Waals surface area contributed by atoms with Crippen LogP contribution in [-0.4, -0.2) is 24.2 Å². The van der Waals surface area contributed by atoms with Gasteiger partial charge in [-0.15, -0.1) is 11.3 Å². The first-order chi connectivity index (χ1) is 7.70. The largest absolute Gasteiger partial charge is 0.348 e. The number of carbonyl (C=O) groups excluding carboxylic acids is 1. The van der Waals surface area contributed by atoms with E-state index in [2.05, 4.69) is 5.32 Å². The fourth-order valence-corrected chi connectivity index (χ4v) is 3.89. The molecule has 0 unspecified atom stereocenters. The Balaban J connectivity index is 2.09. The number of thioether (sulfide) groups is 1. The molecule has 1 aromatic rings. The number of nitrogens with two attached hydrogens (primary N) is 1. The number of nitrogens with one attached hydrogen (secondary N) is 1. The number of amides is 1. The first kappa shape index (κ1) is 12.0. The number of aryl methyl sites for hydroxylation is 1. The second-order valence-electron chi connectivity index (χ2n) is 3.97. The van der Waals surface area contributed by atoms with E-state index in [1.54, 1.807) is 11.3 Å². The van der Waals surface area contributed by atoms with Crippen molar-refractivity contribution in [2.45, 2.75) is 25.1 Å². The van der Waals surface area contributed by atoms with E-state index in [0.29, 0.717) is 6.54 Å². The molecule has 0 aromatic carbocycles. The minimum atomic E-state index is 0.0161. The smallest absolute Gasteiger partial charge is 0.261 e. The first-order valence-corrected chi connectivity index (χ1v) is 7.38. The van der Waals surface area contributed by atoms with E-state index in [-0.39, 0.29) is 11.9 Å². The Morgan fingerprint density at radius 1 is 1.69 bits per heavy atom. The molecule has 0 radical (unpaired) electrons. The minimum absolute atomic E-state index is 0.0161. The zero-order valence-corrected chi connectivity index (χ0v) is 10.9. The predicted molar refractivity (Wildman–Crippen MR) is 70.2 cm³/mol. The standard InChI is InChI=1S/C11H16N2OS2/c1-7(5-12)13-11(14)10-4-8-6-15-3-2-9(8)16-10/h4,7H,2-3,5-6,12H2,1H3,(H,13,14)/t7-/m1/s1. The number of carbonyl (C=O) groups is 1. The molecule has 0 saturated heterocycles. The van der Waals surface area contributed by atoms with Gasteiger partial charge in [0, 0.05) is 23.2 Å². The van der Waals surface area contributed by atoms with Crippen LogP contribution in [0.5, 0.6) is 0 Å². The lowest BCUT2D eigenvalue weighted by molar-refractivity contribution is 0.0945. The quantitative estimate of drug-likeness (QED) is 0.864. The van der Waals surface area contributed by atoms with E-state index in [9.17, 15) is 4.79 Å². The normalized spacial score (nSPS) is 16.6. The monoisotopic (exact) mass is 256 g/mol. The average molecular weight is 256 g/mol. The van der Waals surface area contributed by atoms with Gasteiger partial charge in [0.25, 0.3) is 5.91 Å². The molecule has 1 aliphatic rings. The highest BCUT2D eigenvalue weighted by molar-refractivity contribution is 7.98. The lowest BCUT2D eigenvalue weighted by Gasteiger charge is -2.09. The summed E-state index contributed by atoms with van der Waals surface area (Å²) in [6.45, 7) is 2.40. The lowest BCUT2D eigenvalue weighted by atomic mass is 10.2. The topological polar surface area (TPSA) is 55.1 Å². The van der Waals surface area contributed by atoms with Crippen LogP contribution < -0.4 is 11.1 Å². The van der Waals surface area contributed by atoms with Crippen molar-refractivity contribution in [3.63, 3.8) is 0 Å². The summed E-state index contributed by atoms with van der Waals surface area (Å²) >= 11 is 3.57. The Morgan fingerprint density at radius 2 is 2.50 bits per heavy atom. The van der Waals surface area contributed by atoms with Gasteiger partial charge >= 0.3 is 0 Å². The molecule has 1 aromatic heterocycles. The van der Waals surface area contributed by atoms with Crippen molar-refractivity contribution in [1.29, 1.82) is 0 Å². The summed E-state index contributed by atoms with van der Waals surface area (Å²) in [6, 6.07) is 2.08. The molecule has 2 rings (SSSR count). The molecule has 0 saturated carbocycles. The van der Waals surface area contributed by atoms with Crippen molar-refractivity contribution in [3.05, 3.63) is 21.4 Å². The van der Waals surface area contributed by atoms with Crippen LogP contribution in [-0.2, 0) is 12.2 Å². The molecule has 0 fully saturated rings. The van der Waals surface area contributed by atoms with Crippen LogP contribution in [0, 0.1) is 0 Å². The summed E-state index contributed by atoms with van der Waals surface area (Å²) < 4.78 is 0. The van der Waals surface area contributed by atoms with Crippen molar-refractivity contribution >= 4 is 29.0 Å². The van der Waals surface area contributed by atoms with E-state index >= 15 is 0 Å². The molecule has 16 heavy (non-hydrogen) atoms. The molecule has 0 spiro atoms. The van der Waals surface area contributed by atoms with Crippen LogP contribution in [0.4, 0.5) is 0 Å². The van der Waals surface area contributed by atoms with Gasteiger partial charge in [-0.25, -0.2) is 0 Å². The van der Waals surface area contributed by atoms with E-state index in [1.807, 2.05) is 24.8 Å². The van der Waals surface area contributed by atoms with Crippen molar-refractivity contribution < 1.29 is 4.79 Å². The Labute approximate surface area is 104 Å². The van der Waals surface area contributed by atoms with Crippen molar-refractivity contribution in [1.82, 2.24) is 5.32 Å². The van der Waals surface area contributed by atoms with Crippen LogP contribution in [0.25, 0.3) is 0 Å². The highest BCUT2D eigenvalue weighted by Gasteiger charge is 2.18. The molecule has 1 aliphatic heterocycles. The number of hydrogen-bond acceptors (Lipinski definition) is 4. The van der Waals surface area contributed by atoms with Crippen molar-refractivity contribution in [2.24, 2.45) is 5.73 Å². The van der Waals surface area contributed by atoms with E-state index < -0.39 is 0 Å². The van der Waals surface area contributed by atoms with Crippen LogP contribution in [0.3, 0.4) is 0 Å². The summed E-state index contributed by atoms with van der Waals surface area (Å²) in [7, 11) is 0. The molecule has 3 nitrogen and oxygen atoms in total. The summed E-state index contributed by atoms with van der Waals surface area (Å²) in [5, 5.41) is 2.89. The number of rotatable bonds is 3. The zero-order valence-electron chi connectivity index (χ0n) is 9.29. The first-order valence-electron chi connectivity index (χ1n) is 5.41. The molecule has 1 atom stereocenters. The van der Waals surface area contributed by atoms with Crippen LogP contribution in [0.2, 0.25) is 0 Å². The third-order valence-electron chi connectivity index (χ3n) is 2.58. The van der Waals surface area contributed by atoms with Gasteiger partial charge in [-0.1, -0.05) is 0 Å². The third kappa shape index (κ3) is 2.59. The van der Waals surface area contributed by atoms with Gasteiger partial charge in [-0.2, -0.15) is 11.8 Å². The van der Waals surface area contributed by atoms with Gasteiger partial charge < -0.3 is 11.1 Å². The Morgan fingerprint density at radius 3 is 3.19 bits per heavy atom.